The summed E-state index contributed by atoms with van der Waals surface area (Å²) in [4.78, 5) is 18.0. The smallest absolute Gasteiger partial charge is 0.317 e. The maximum Gasteiger partial charge on any atom is 0.317 e. The Morgan fingerprint density at radius 2 is 2.30 bits per heavy atom. The zero-order valence-corrected chi connectivity index (χ0v) is 12.0. The second-order valence-electron chi connectivity index (χ2n) is 4.81. The summed E-state index contributed by atoms with van der Waals surface area (Å²) in [6, 6.07) is -0.0613. The third-order valence-corrected chi connectivity index (χ3v) is 4.33. The molecule has 0 radical (unpaired) electrons. The number of thioether (sulfide) groups is 1. The number of nitrogens with one attached hydrogen (secondary N) is 1. The van der Waals surface area contributed by atoms with Crippen molar-refractivity contribution in [3.05, 3.63) is 11.7 Å². The lowest BCUT2D eigenvalue weighted by Gasteiger charge is -2.26. The molecule has 3 heterocycles. The van der Waals surface area contributed by atoms with E-state index in [0.717, 1.165) is 44.0 Å². The van der Waals surface area contributed by atoms with Gasteiger partial charge < -0.3 is 19.5 Å². The number of rotatable bonds is 3. The Hall–Kier alpha value is -1.28. The molecule has 2 aliphatic rings. The number of amides is 2. The number of hydrogen-bond donors (Lipinski definition) is 1. The fraction of sp³-hybridized carbons (Fsp3) is 0.750. The van der Waals surface area contributed by atoms with Crippen molar-refractivity contribution in [2.75, 3.05) is 31.2 Å². The zero-order chi connectivity index (χ0) is 13.8. The van der Waals surface area contributed by atoms with Crippen LogP contribution in [0, 0.1) is 0 Å². The number of aromatic nitrogens is 2. The van der Waals surface area contributed by atoms with Crippen molar-refractivity contribution in [3.63, 3.8) is 0 Å². The van der Waals surface area contributed by atoms with E-state index in [-0.39, 0.29) is 12.1 Å². The first-order valence-corrected chi connectivity index (χ1v) is 8.03. The quantitative estimate of drug-likeness (QED) is 0.902. The van der Waals surface area contributed by atoms with Gasteiger partial charge in [0.05, 0.1) is 6.54 Å². The van der Waals surface area contributed by atoms with Crippen LogP contribution in [0.4, 0.5) is 4.79 Å². The Kier molecular flexibility index (Phi) is 4.41. The van der Waals surface area contributed by atoms with E-state index in [4.69, 9.17) is 9.26 Å². The Labute approximate surface area is 121 Å². The maximum atomic E-state index is 11.9. The highest BCUT2D eigenvalue weighted by atomic mass is 32.2. The summed E-state index contributed by atoms with van der Waals surface area (Å²) in [6.45, 7) is 2.62. The average molecular weight is 298 g/mol. The molecule has 2 saturated heterocycles. The van der Waals surface area contributed by atoms with Crippen molar-refractivity contribution in [1.29, 1.82) is 0 Å². The third kappa shape index (κ3) is 3.24. The number of urea groups is 1. The van der Waals surface area contributed by atoms with Gasteiger partial charge in [0.1, 0.15) is 6.10 Å². The minimum absolute atomic E-state index is 0.0613. The Balaban J connectivity index is 1.49. The summed E-state index contributed by atoms with van der Waals surface area (Å²) in [6.07, 6.45) is 1.86. The molecule has 1 aromatic heterocycles. The molecule has 7 nitrogen and oxygen atoms in total. The molecule has 0 saturated carbocycles. The van der Waals surface area contributed by atoms with Crippen molar-refractivity contribution < 1.29 is 14.1 Å². The van der Waals surface area contributed by atoms with Crippen molar-refractivity contribution >= 4 is 17.8 Å². The van der Waals surface area contributed by atoms with Gasteiger partial charge in [-0.05, 0) is 12.8 Å². The number of carbonyl (C=O) groups excluding carboxylic acids is 1. The molecule has 0 aliphatic carbocycles. The van der Waals surface area contributed by atoms with Gasteiger partial charge in [-0.1, -0.05) is 5.16 Å². The van der Waals surface area contributed by atoms with Crippen molar-refractivity contribution in [2.45, 2.75) is 25.5 Å². The molecule has 0 aromatic carbocycles. The monoisotopic (exact) mass is 298 g/mol. The van der Waals surface area contributed by atoms with E-state index in [1.807, 2.05) is 16.7 Å². The molecule has 3 rings (SSSR count). The van der Waals surface area contributed by atoms with Crippen molar-refractivity contribution in [3.8, 4) is 0 Å². The highest BCUT2D eigenvalue weighted by Gasteiger charge is 2.24. The largest absolute Gasteiger partial charge is 0.368 e. The molecule has 110 valence electrons. The lowest BCUT2D eigenvalue weighted by molar-refractivity contribution is 0.0835. The minimum atomic E-state index is -0.0777. The molecule has 1 aromatic rings. The molecular formula is C12H18N4O3S. The highest BCUT2D eigenvalue weighted by Crippen LogP contribution is 2.26. The summed E-state index contributed by atoms with van der Waals surface area (Å²) >= 11 is 1.87. The Bertz CT molecular complexity index is 455. The van der Waals surface area contributed by atoms with Gasteiger partial charge in [-0.3, -0.25) is 0 Å². The van der Waals surface area contributed by atoms with Crippen LogP contribution in [-0.4, -0.2) is 52.3 Å². The Morgan fingerprint density at radius 1 is 1.45 bits per heavy atom. The Morgan fingerprint density at radius 3 is 3.05 bits per heavy atom. The van der Waals surface area contributed by atoms with Crippen LogP contribution in [-0.2, 0) is 11.3 Å². The second kappa shape index (κ2) is 6.45. The molecule has 1 N–H and O–H groups in total. The summed E-state index contributed by atoms with van der Waals surface area (Å²) in [7, 11) is 0. The first-order valence-electron chi connectivity index (χ1n) is 6.87. The molecule has 2 amide bonds. The van der Waals surface area contributed by atoms with Crippen LogP contribution >= 0.6 is 11.8 Å². The molecule has 0 unspecified atom stereocenters. The van der Waals surface area contributed by atoms with Gasteiger partial charge in [-0.15, -0.1) is 0 Å². The van der Waals surface area contributed by atoms with E-state index >= 15 is 0 Å². The fourth-order valence-electron chi connectivity index (χ4n) is 2.28. The van der Waals surface area contributed by atoms with Crippen LogP contribution in [0.25, 0.3) is 0 Å². The van der Waals surface area contributed by atoms with Gasteiger partial charge >= 0.3 is 6.03 Å². The summed E-state index contributed by atoms with van der Waals surface area (Å²) in [5.41, 5.74) is 0. The standard InChI is InChI=1S/C12H18N4O3S/c17-12(16-3-6-20-7-4-16)13-8-10-14-11(19-15-10)9-2-1-5-18-9/h9H,1-8H2,(H,13,17)/t9-/m0/s1. The summed E-state index contributed by atoms with van der Waals surface area (Å²) in [5.74, 6) is 3.01. The van der Waals surface area contributed by atoms with Crippen molar-refractivity contribution in [1.82, 2.24) is 20.4 Å². The summed E-state index contributed by atoms with van der Waals surface area (Å²) < 4.78 is 10.7. The van der Waals surface area contributed by atoms with E-state index in [2.05, 4.69) is 15.5 Å². The topological polar surface area (TPSA) is 80.5 Å². The first kappa shape index (κ1) is 13.7. The molecule has 0 spiro atoms. The first-order chi connectivity index (χ1) is 9.83. The van der Waals surface area contributed by atoms with Crippen LogP contribution in [0.5, 0.6) is 0 Å². The van der Waals surface area contributed by atoms with Crippen LogP contribution in [0.3, 0.4) is 0 Å². The van der Waals surface area contributed by atoms with Gasteiger partial charge in [-0.25, -0.2) is 4.79 Å². The van der Waals surface area contributed by atoms with Gasteiger partial charge in [0.25, 0.3) is 5.89 Å². The second-order valence-corrected chi connectivity index (χ2v) is 6.03. The molecule has 1 atom stereocenters. The van der Waals surface area contributed by atoms with Crippen LogP contribution in [0.15, 0.2) is 4.52 Å². The minimum Gasteiger partial charge on any atom is -0.368 e. The summed E-state index contributed by atoms with van der Waals surface area (Å²) in [5, 5.41) is 6.70. The van der Waals surface area contributed by atoms with Gasteiger partial charge in [0, 0.05) is 31.2 Å². The van der Waals surface area contributed by atoms with E-state index in [9.17, 15) is 4.79 Å². The van der Waals surface area contributed by atoms with Crippen molar-refractivity contribution in [2.24, 2.45) is 0 Å². The number of nitrogens with zero attached hydrogens (tertiary/aromatic N) is 3. The molecule has 0 bridgehead atoms. The van der Waals surface area contributed by atoms with Crippen LogP contribution in [0.2, 0.25) is 0 Å². The average Bonchev–Trinajstić information content (AvgIpc) is 3.16. The predicted molar refractivity (Wildman–Crippen MR) is 73.4 cm³/mol. The lowest BCUT2D eigenvalue weighted by atomic mass is 10.2. The van der Waals surface area contributed by atoms with E-state index in [1.165, 1.54) is 0 Å². The number of hydrogen-bond acceptors (Lipinski definition) is 6. The zero-order valence-electron chi connectivity index (χ0n) is 11.2. The molecule has 2 aliphatic heterocycles. The maximum absolute atomic E-state index is 11.9. The SMILES string of the molecule is O=C(NCc1noc([C@@H]2CCCO2)n1)N1CCSCC1. The highest BCUT2D eigenvalue weighted by molar-refractivity contribution is 7.99. The number of carbonyl (C=O) groups is 1. The molecule has 2 fully saturated rings. The molecular weight excluding hydrogens is 280 g/mol. The normalized spacial score (nSPS) is 23.0. The third-order valence-electron chi connectivity index (χ3n) is 3.38. The van der Waals surface area contributed by atoms with E-state index in [0.29, 0.717) is 18.3 Å². The lowest BCUT2D eigenvalue weighted by Crippen LogP contribution is -2.44. The van der Waals surface area contributed by atoms with Crippen LogP contribution < -0.4 is 5.32 Å². The van der Waals surface area contributed by atoms with Gasteiger partial charge in [-0.2, -0.15) is 16.7 Å². The number of ether oxygens (including phenoxy) is 1. The molecule has 8 heteroatoms. The molecule has 20 heavy (non-hydrogen) atoms. The predicted octanol–water partition coefficient (Wildman–Crippen LogP) is 1.18. The van der Waals surface area contributed by atoms with E-state index in [1.54, 1.807) is 0 Å². The van der Waals surface area contributed by atoms with Gasteiger partial charge in [0.15, 0.2) is 5.82 Å². The fourth-order valence-corrected chi connectivity index (χ4v) is 3.18. The van der Waals surface area contributed by atoms with E-state index < -0.39 is 0 Å². The van der Waals surface area contributed by atoms with Gasteiger partial charge in [0.2, 0.25) is 0 Å². The van der Waals surface area contributed by atoms with Crippen LogP contribution in [0.1, 0.15) is 30.7 Å².